The van der Waals surface area contributed by atoms with Crippen LogP contribution in [0.15, 0.2) is 96.8 Å². The molecule has 1 saturated heterocycles. The standard InChI is InChI=1S/C41H46N6O/c1-28-12-16-32(17-13-28)39(29(2)34-20-22-42-25-34)36-11-7-9-35(45-36)10-8-24-47(41(4,5)6)40(48)33-18-14-31(15-19-33)27-46-30(3)44-37-26-43-23-21-38(37)46/h7-19,21,23,26,34,42H,20,22,24-25,27H2,1-6H3. The molecule has 0 radical (unpaired) electrons. The molecule has 0 aliphatic carbocycles. The van der Waals surface area contributed by atoms with Gasteiger partial charge in [0.25, 0.3) is 5.91 Å². The first-order chi connectivity index (χ1) is 23.1. The van der Waals surface area contributed by atoms with E-state index >= 15 is 0 Å². The minimum absolute atomic E-state index is 0.00105. The predicted molar refractivity (Wildman–Crippen MR) is 196 cm³/mol. The largest absolute Gasteiger partial charge is 0.330 e. The fourth-order valence-corrected chi connectivity index (χ4v) is 6.54. The highest BCUT2D eigenvalue weighted by Crippen LogP contribution is 2.32. The van der Waals surface area contributed by atoms with Crippen molar-refractivity contribution in [2.45, 2.75) is 60.0 Å². The van der Waals surface area contributed by atoms with Crippen LogP contribution in [-0.2, 0) is 6.54 Å². The molecule has 1 N–H and O–H groups in total. The Labute approximate surface area is 284 Å². The number of hydrogen-bond acceptors (Lipinski definition) is 5. The number of aromatic nitrogens is 4. The van der Waals surface area contributed by atoms with E-state index in [4.69, 9.17) is 4.98 Å². The molecule has 2 aromatic carbocycles. The lowest BCUT2D eigenvalue weighted by Gasteiger charge is -2.35. The van der Waals surface area contributed by atoms with Crippen molar-refractivity contribution < 1.29 is 4.79 Å². The number of benzene rings is 2. The molecule has 246 valence electrons. The second-order valence-electron chi connectivity index (χ2n) is 13.9. The van der Waals surface area contributed by atoms with Gasteiger partial charge in [-0.3, -0.25) is 9.78 Å². The zero-order valence-corrected chi connectivity index (χ0v) is 29.0. The van der Waals surface area contributed by atoms with Gasteiger partial charge in [0.2, 0.25) is 0 Å². The van der Waals surface area contributed by atoms with Gasteiger partial charge in [-0.25, -0.2) is 9.97 Å². The van der Waals surface area contributed by atoms with E-state index in [-0.39, 0.29) is 11.4 Å². The second-order valence-corrected chi connectivity index (χ2v) is 13.9. The highest BCUT2D eigenvalue weighted by Gasteiger charge is 2.26. The zero-order chi connectivity index (χ0) is 33.8. The van der Waals surface area contributed by atoms with Crippen LogP contribution in [0.1, 0.15) is 78.4 Å². The molecule has 4 heterocycles. The summed E-state index contributed by atoms with van der Waals surface area (Å²) in [5, 5.41) is 3.52. The summed E-state index contributed by atoms with van der Waals surface area (Å²) in [4.78, 5) is 29.7. The molecular formula is C41H46N6O. The molecule has 7 heteroatoms. The predicted octanol–water partition coefficient (Wildman–Crippen LogP) is 7.88. The summed E-state index contributed by atoms with van der Waals surface area (Å²) in [5.41, 5.74) is 10.2. The van der Waals surface area contributed by atoms with Crippen molar-refractivity contribution >= 4 is 28.6 Å². The van der Waals surface area contributed by atoms with Crippen LogP contribution in [-0.4, -0.2) is 55.5 Å². The molecule has 0 bridgehead atoms. The number of nitrogens with one attached hydrogen (secondary N) is 1. The van der Waals surface area contributed by atoms with Crippen molar-refractivity contribution in [2.24, 2.45) is 5.92 Å². The normalized spacial score (nSPS) is 15.7. The van der Waals surface area contributed by atoms with Gasteiger partial charge in [0.1, 0.15) is 11.3 Å². The maximum absolute atomic E-state index is 13.9. The first-order valence-electron chi connectivity index (χ1n) is 16.9. The van der Waals surface area contributed by atoms with Gasteiger partial charge in [0, 0.05) is 42.5 Å². The minimum Gasteiger partial charge on any atom is -0.330 e. The molecule has 0 spiro atoms. The van der Waals surface area contributed by atoms with Gasteiger partial charge in [-0.2, -0.15) is 0 Å². The Hall–Kier alpha value is -4.88. The monoisotopic (exact) mass is 638 g/mol. The van der Waals surface area contributed by atoms with Crippen LogP contribution in [0.4, 0.5) is 0 Å². The maximum Gasteiger partial charge on any atom is 0.254 e. The summed E-state index contributed by atoms with van der Waals surface area (Å²) in [6, 6.07) is 24.9. The van der Waals surface area contributed by atoms with Crippen LogP contribution >= 0.6 is 0 Å². The Balaban J connectivity index is 1.20. The number of rotatable bonds is 9. The van der Waals surface area contributed by atoms with Gasteiger partial charge in [-0.1, -0.05) is 59.7 Å². The van der Waals surface area contributed by atoms with E-state index in [0.29, 0.717) is 24.6 Å². The van der Waals surface area contributed by atoms with Crippen molar-refractivity contribution in [1.82, 2.24) is 29.7 Å². The number of nitrogens with zero attached hydrogens (tertiary/aromatic N) is 5. The fraction of sp³-hybridized carbons (Fsp3) is 0.317. The van der Waals surface area contributed by atoms with E-state index in [0.717, 1.165) is 53.3 Å². The third-order valence-corrected chi connectivity index (χ3v) is 9.35. The van der Waals surface area contributed by atoms with Gasteiger partial charge in [-0.05, 0) is 108 Å². The summed E-state index contributed by atoms with van der Waals surface area (Å²) >= 11 is 0. The minimum atomic E-state index is -0.371. The molecular weight excluding hydrogens is 592 g/mol. The Kier molecular flexibility index (Phi) is 9.69. The molecule has 48 heavy (non-hydrogen) atoms. The highest BCUT2D eigenvalue weighted by atomic mass is 16.2. The third kappa shape index (κ3) is 7.32. The average Bonchev–Trinajstić information content (AvgIpc) is 3.72. The lowest BCUT2D eigenvalue weighted by Crippen LogP contribution is -2.45. The number of amides is 1. The molecule has 1 aliphatic heterocycles. The SMILES string of the molecule is CC(=C(c1ccc(C)cc1)c1cccc(C=CCN(C(=O)c2ccc(Cn3c(C)nc4cnccc43)cc2)C(C)(C)C)n1)C1CCNC1. The van der Waals surface area contributed by atoms with E-state index in [1.54, 1.807) is 12.4 Å². The number of carbonyl (C=O) groups excluding carboxylic acids is 1. The Bertz CT molecular complexity index is 1960. The molecule has 5 aromatic rings. The van der Waals surface area contributed by atoms with E-state index in [1.165, 1.54) is 22.3 Å². The first-order valence-corrected chi connectivity index (χ1v) is 16.9. The fourth-order valence-electron chi connectivity index (χ4n) is 6.54. The molecule has 1 unspecified atom stereocenters. The second kappa shape index (κ2) is 14.1. The van der Waals surface area contributed by atoms with Crippen molar-refractivity contribution in [3.05, 3.63) is 136 Å². The Morgan fingerprint density at radius 3 is 2.44 bits per heavy atom. The quantitative estimate of drug-likeness (QED) is 0.178. The van der Waals surface area contributed by atoms with Crippen molar-refractivity contribution in [3.8, 4) is 0 Å². The van der Waals surface area contributed by atoms with E-state index in [2.05, 4.69) is 96.9 Å². The summed E-state index contributed by atoms with van der Waals surface area (Å²) in [7, 11) is 0. The van der Waals surface area contributed by atoms with Crippen LogP contribution in [0.3, 0.4) is 0 Å². The number of aryl methyl sites for hydroxylation is 2. The molecule has 1 amide bonds. The average molecular weight is 639 g/mol. The van der Waals surface area contributed by atoms with Crippen molar-refractivity contribution in [2.75, 3.05) is 19.6 Å². The maximum atomic E-state index is 13.9. The van der Waals surface area contributed by atoms with Crippen molar-refractivity contribution in [1.29, 1.82) is 0 Å². The number of pyridine rings is 2. The Morgan fingerprint density at radius 1 is 0.979 bits per heavy atom. The topological polar surface area (TPSA) is 75.9 Å². The van der Waals surface area contributed by atoms with Gasteiger partial charge in [0.05, 0.1) is 23.1 Å². The number of hydrogen-bond donors (Lipinski definition) is 1. The van der Waals surface area contributed by atoms with E-state index in [9.17, 15) is 4.79 Å². The number of fused-ring (bicyclic) bond motifs is 1. The van der Waals surface area contributed by atoms with E-state index < -0.39 is 0 Å². The highest BCUT2D eigenvalue weighted by molar-refractivity contribution is 5.95. The van der Waals surface area contributed by atoms with Gasteiger partial charge in [0.15, 0.2) is 0 Å². The summed E-state index contributed by atoms with van der Waals surface area (Å²) < 4.78 is 2.18. The molecule has 1 fully saturated rings. The lowest BCUT2D eigenvalue weighted by atomic mass is 9.88. The number of carbonyl (C=O) groups is 1. The first kappa shape index (κ1) is 33.0. The molecule has 1 atom stereocenters. The summed E-state index contributed by atoms with van der Waals surface area (Å²) in [6.45, 7) is 15.8. The van der Waals surface area contributed by atoms with Gasteiger partial charge in [-0.15, -0.1) is 0 Å². The van der Waals surface area contributed by atoms with Crippen LogP contribution in [0.2, 0.25) is 0 Å². The van der Waals surface area contributed by atoms with Gasteiger partial charge >= 0.3 is 0 Å². The van der Waals surface area contributed by atoms with Crippen molar-refractivity contribution in [3.63, 3.8) is 0 Å². The third-order valence-electron chi connectivity index (χ3n) is 9.35. The summed E-state index contributed by atoms with van der Waals surface area (Å²) in [6.07, 6.45) is 8.80. The number of imidazole rings is 1. The molecule has 3 aromatic heterocycles. The smallest absolute Gasteiger partial charge is 0.254 e. The van der Waals surface area contributed by atoms with E-state index in [1.807, 2.05) is 54.3 Å². The summed E-state index contributed by atoms with van der Waals surface area (Å²) in [5.74, 6) is 1.43. The van der Waals surface area contributed by atoms with Crippen LogP contribution in [0.25, 0.3) is 22.7 Å². The zero-order valence-electron chi connectivity index (χ0n) is 29.0. The van der Waals surface area contributed by atoms with Crippen LogP contribution < -0.4 is 5.32 Å². The lowest BCUT2D eigenvalue weighted by molar-refractivity contribution is 0.0617. The molecule has 6 rings (SSSR count). The Morgan fingerprint density at radius 2 is 1.73 bits per heavy atom. The van der Waals surface area contributed by atoms with Crippen LogP contribution in [0.5, 0.6) is 0 Å². The van der Waals surface area contributed by atoms with Gasteiger partial charge < -0.3 is 14.8 Å². The molecule has 0 saturated carbocycles. The molecule has 7 nitrogen and oxygen atoms in total. The molecule has 1 aliphatic rings. The van der Waals surface area contributed by atoms with Crippen LogP contribution in [0, 0.1) is 19.8 Å².